The number of aromatic nitrogens is 1. The maximum absolute atomic E-state index is 6.44. The zero-order valence-electron chi connectivity index (χ0n) is 19.4. The van der Waals surface area contributed by atoms with Gasteiger partial charge < -0.3 is 10.1 Å². The van der Waals surface area contributed by atoms with Gasteiger partial charge in [0.25, 0.3) is 0 Å². The van der Waals surface area contributed by atoms with E-state index < -0.39 is 0 Å². The van der Waals surface area contributed by atoms with Crippen LogP contribution in [0.5, 0.6) is 0 Å². The van der Waals surface area contributed by atoms with Crippen molar-refractivity contribution in [2.75, 3.05) is 18.5 Å². The molecule has 1 fully saturated rings. The summed E-state index contributed by atoms with van der Waals surface area (Å²) in [6.07, 6.45) is 6.94. The number of rotatable bonds is 8. The van der Waals surface area contributed by atoms with E-state index in [0.717, 1.165) is 46.7 Å². The third-order valence-corrected chi connectivity index (χ3v) is 6.68. The third-order valence-electron chi connectivity index (χ3n) is 6.45. The molecule has 29 heavy (non-hydrogen) atoms. The fourth-order valence-corrected chi connectivity index (χ4v) is 3.83. The summed E-state index contributed by atoms with van der Waals surface area (Å²) in [6, 6.07) is 5.91. The molecule has 1 atom stereocenters. The van der Waals surface area contributed by atoms with Gasteiger partial charge in [-0.1, -0.05) is 45.7 Å². The van der Waals surface area contributed by atoms with E-state index in [1.165, 1.54) is 19.3 Å². The Morgan fingerprint density at radius 1 is 1.21 bits per heavy atom. The number of hydrogen-bond donors (Lipinski definition) is 1. The monoisotopic (exact) mass is 418 g/mol. The summed E-state index contributed by atoms with van der Waals surface area (Å²) in [7, 11) is 0. The van der Waals surface area contributed by atoms with E-state index in [0.29, 0.717) is 5.92 Å². The van der Waals surface area contributed by atoms with Crippen molar-refractivity contribution >= 4 is 28.2 Å². The lowest BCUT2D eigenvalue weighted by Gasteiger charge is -2.42. The third kappa shape index (κ3) is 5.86. The summed E-state index contributed by atoms with van der Waals surface area (Å²) in [5, 5.41) is 5.53. The van der Waals surface area contributed by atoms with Crippen molar-refractivity contribution in [3.63, 3.8) is 0 Å². The highest BCUT2D eigenvalue weighted by atomic mass is 35.5. The van der Waals surface area contributed by atoms with E-state index in [-0.39, 0.29) is 11.0 Å². The summed E-state index contributed by atoms with van der Waals surface area (Å²) in [6.45, 7) is 16.8. The van der Waals surface area contributed by atoms with Gasteiger partial charge >= 0.3 is 0 Å². The Bertz CT molecular complexity index is 801. The number of ether oxygens (including phenoxy) is 1. The topological polar surface area (TPSA) is 34.2 Å². The van der Waals surface area contributed by atoms with E-state index in [2.05, 4.69) is 51.0 Å². The Morgan fingerprint density at radius 3 is 2.48 bits per heavy atom. The van der Waals surface area contributed by atoms with Crippen LogP contribution in [0.3, 0.4) is 0 Å². The molecule has 0 aliphatic heterocycles. The van der Waals surface area contributed by atoms with Crippen molar-refractivity contribution in [2.24, 2.45) is 11.3 Å². The molecule has 1 saturated carbocycles. The van der Waals surface area contributed by atoms with Crippen LogP contribution in [0.25, 0.3) is 10.9 Å². The molecule has 1 aliphatic carbocycles. The molecule has 3 rings (SSSR count). The smallest absolute Gasteiger partial charge is 0.0737 e. The predicted octanol–water partition coefficient (Wildman–Crippen LogP) is 7.65. The first-order valence-corrected chi connectivity index (χ1v) is 11.5. The number of aryl methyl sites for hydroxylation is 1. The molecule has 0 amide bonds. The maximum Gasteiger partial charge on any atom is 0.0737 e. The van der Waals surface area contributed by atoms with Crippen LogP contribution in [0, 0.1) is 18.3 Å². The SMILES string of the molecule is CC.CCC(C)(CNc1c(C)cnc2cc(Cl)ccc12)COC(C)(C)C1CCC1. The fraction of sp³-hybridized carbons (Fsp3) is 0.640. The second-order valence-corrected chi connectivity index (χ2v) is 9.45. The summed E-state index contributed by atoms with van der Waals surface area (Å²) in [5.74, 6) is 0.711. The van der Waals surface area contributed by atoms with Crippen molar-refractivity contribution in [1.82, 2.24) is 4.98 Å². The minimum Gasteiger partial charge on any atom is -0.384 e. The molecular weight excluding hydrogens is 380 g/mol. The van der Waals surface area contributed by atoms with Gasteiger partial charge in [0.2, 0.25) is 0 Å². The lowest BCUT2D eigenvalue weighted by atomic mass is 9.74. The van der Waals surface area contributed by atoms with Crippen LogP contribution < -0.4 is 5.32 Å². The summed E-state index contributed by atoms with van der Waals surface area (Å²) in [5.41, 5.74) is 3.28. The predicted molar refractivity (Wildman–Crippen MR) is 127 cm³/mol. The number of nitrogens with one attached hydrogen (secondary N) is 1. The molecular formula is C25H39ClN2O. The average Bonchev–Trinajstić information content (AvgIpc) is 2.66. The highest BCUT2D eigenvalue weighted by Gasteiger charge is 2.36. The number of benzene rings is 1. The van der Waals surface area contributed by atoms with Gasteiger partial charge in [-0.25, -0.2) is 0 Å². The number of halogens is 1. The molecule has 2 aromatic rings. The van der Waals surface area contributed by atoms with Crippen molar-refractivity contribution in [3.05, 3.63) is 35.0 Å². The van der Waals surface area contributed by atoms with Crippen molar-refractivity contribution in [3.8, 4) is 0 Å². The van der Waals surface area contributed by atoms with E-state index in [4.69, 9.17) is 16.3 Å². The zero-order valence-corrected chi connectivity index (χ0v) is 20.1. The number of nitrogens with zero attached hydrogens (tertiary/aromatic N) is 1. The Hall–Kier alpha value is -1.32. The van der Waals surface area contributed by atoms with E-state index >= 15 is 0 Å². The highest BCUT2D eigenvalue weighted by Crippen LogP contribution is 2.39. The van der Waals surface area contributed by atoms with Crippen LogP contribution in [-0.2, 0) is 4.74 Å². The Kier molecular flexibility index (Phi) is 8.37. The minimum atomic E-state index is -0.0231. The number of anilines is 1. The second kappa shape index (κ2) is 10.1. The van der Waals surface area contributed by atoms with E-state index in [1.807, 2.05) is 32.2 Å². The van der Waals surface area contributed by atoms with Crippen molar-refractivity contribution in [2.45, 2.75) is 79.8 Å². The van der Waals surface area contributed by atoms with Crippen LogP contribution in [-0.4, -0.2) is 23.7 Å². The molecule has 0 radical (unpaired) electrons. The summed E-state index contributed by atoms with van der Waals surface area (Å²) >= 11 is 6.13. The quantitative estimate of drug-likeness (QED) is 0.478. The molecule has 0 saturated heterocycles. The molecule has 1 N–H and O–H groups in total. The van der Waals surface area contributed by atoms with Gasteiger partial charge in [0.1, 0.15) is 0 Å². The van der Waals surface area contributed by atoms with E-state index in [9.17, 15) is 0 Å². The molecule has 1 unspecified atom stereocenters. The zero-order chi connectivity index (χ0) is 21.7. The van der Waals surface area contributed by atoms with Crippen molar-refractivity contribution in [1.29, 1.82) is 0 Å². The molecule has 1 aliphatic rings. The molecule has 0 spiro atoms. The first-order chi connectivity index (χ1) is 13.7. The largest absolute Gasteiger partial charge is 0.384 e. The van der Waals surface area contributed by atoms with Crippen LogP contribution in [0.4, 0.5) is 5.69 Å². The molecule has 1 aromatic carbocycles. The first-order valence-electron chi connectivity index (χ1n) is 11.2. The molecule has 1 heterocycles. The van der Waals surface area contributed by atoms with Crippen LogP contribution >= 0.6 is 11.6 Å². The van der Waals surface area contributed by atoms with Gasteiger partial charge in [0.05, 0.1) is 17.7 Å². The molecule has 4 heteroatoms. The lowest BCUT2D eigenvalue weighted by Crippen LogP contribution is -2.42. The van der Waals surface area contributed by atoms with Gasteiger partial charge in [-0.2, -0.15) is 0 Å². The Labute approximate surface area is 182 Å². The first kappa shape index (κ1) is 24.0. The highest BCUT2D eigenvalue weighted by molar-refractivity contribution is 6.31. The Morgan fingerprint density at radius 2 is 1.90 bits per heavy atom. The maximum atomic E-state index is 6.44. The molecule has 0 bridgehead atoms. The molecule has 162 valence electrons. The minimum absolute atomic E-state index is 0.0231. The van der Waals surface area contributed by atoms with Gasteiger partial charge in [0, 0.05) is 34.3 Å². The lowest BCUT2D eigenvalue weighted by molar-refractivity contribution is -0.109. The average molecular weight is 419 g/mol. The van der Waals surface area contributed by atoms with Crippen LogP contribution in [0.1, 0.15) is 72.8 Å². The van der Waals surface area contributed by atoms with Crippen LogP contribution in [0.15, 0.2) is 24.4 Å². The van der Waals surface area contributed by atoms with Gasteiger partial charge in [-0.05, 0) is 69.7 Å². The summed E-state index contributed by atoms with van der Waals surface area (Å²) in [4.78, 5) is 4.52. The van der Waals surface area contributed by atoms with Gasteiger partial charge in [0.15, 0.2) is 0 Å². The Balaban J connectivity index is 0.00000145. The molecule has 3 nitrogen and oxygen atoms in total. The number of pyridine rings is 1. The normalized spacial score (nSPS) is 16.6. The van der Waals surface area contributed by atoms with Gasteiger partial charge in [-0.3, -0.25) is 4.98 Å². The number of hydrogen-bond acceptors (Lipinski definition) is 3. The summed E-state index contributed by atoms with van der Waals surface area (Å²) < 4.78 is 6.44. The standard InChI is InChI=1S/C23H33ClN2O.C2H6/c1-6-23(5,15-27-22(3,4)17-8-7-9-17)14-26-21-16(2)13-25-20-12-18(24)10-11-19(20)21;1-2/h10-13,17H,6-9,14-15H2,1-5H3,(H,25,26);1-2H3. The fourth-order valence-electron chi connectivity index (χ4n) is 3.66. The second-order valence-electron chi connectivity index (χ2n) is 9.02. The van der Waals surface area contributed by atoms with E-state index in [1.54, 1.807) is 0 Å². The number of fused-ring (bicyclic) bond motifs is 1. The van der Waals surface area contributed by atoms with Crippen molar-refractivity contribution < 1.29 is 4.74 Å². The van der Waals surface area contributed by atoms with Gasteiger partial charge in [-0.15, -0.1) is 0 Å². The van der Waals surface area contributed by atoms with Crippen LogP contribution in [0.2, 0.25) is 5.02 Å². The molecule has 1 aromatic heterocycles.